The van der Waals surface area contributed by atoms with Crippen molar-refractivity contribution in [3.8, 4) is 0 Å². The van der Waals surface area contributed by atoms with Crippen LogP contribution in [0.25, 0.3) is 0 Å². The molecule has 1 heterocycles. The van der Waals surface area contributed by atoms with E-state index in [-0.39, 0.29) is 17.8 Å². The van der Waals surface area contributed by atoms with Gasteiger partial charge in [0.05, 0.1) is 0 Å². The van der Waals surface area contributed by atoms with Crippen LogP contribution in [-0.2, 0) is 4.79 Å². The van der Waals surface area contributed by atoms with Gasteiger partial charge in [0.15, 0.2) is 0 Å². The van der Waals surface area contributed by atoms with E-state index in [1.807, 2.05) is 17.9 Å². The van der Waals surface area contributed by atoms with Gasteiger partial charge in [-0.15, -0.1) is 0 Å². The smallest absolute Gasteiger partial charge is 0.245 e. The van der Waals surface area contributed by atoms with Crippen LogP contribution in [0.1, 0.15) is 45.1 Å². The van der Waals surface area contributed by atoms with Crippen molar-refractivity contribution >= 4 is 11.6 Å². The molecule has 1 aliphatic rings. The highest BCUT2D eigenvalue weighted by Gasteiger charge is 2.28. The minimum atomic E-state index is -0.334. The van der Waals surface area contributed by atoms with E-state index in [9.17, 15) is 9.18 Å². The maximum atomic E-state index is 13.6. The zero-order valence-electron chi connectivity index (χ0n) is 13.2. The molecule has 0 bridgehead atoms. The van der Waals surface area contributed by atoms with Crippen LogP contribution in [0.5, 0.6) is 0 Å². The normalized spacial score (nSPS) is 20.2. The van der Waals surface area contributed by atoms with Crippen LogP contribution in [0.2, 0.25) is 0 Å². The Morgan fingerprint density at radius 2 is 2.24 bits per heavy atom. The number of nitrogens with one attached hydrogen (secondary N) is 1. The number of benzene rings is 1. The SMILES string of the molecule is CCC1CCCCN1C(=O)C(C)Nc1ccc(C)c(F)c1. The molecule has 116 valence electrons. The van der Waals surface area contributed by atoms with E-state index in [2.05, 4.69) is 12.2 Å². The lowest BCUT2D eigenvalue weighted by Gasteiger charge is -2.37. The second-order valence-corrected chi connectivity index (χ2v) is 5.92. The summed E-state index contributed by atoms with van der Waals surface area (Å²) in [6.07, 6.45) is 4.37. The second kappa shape index (κ2) is 6.92. The number of aryl methyl sites for hydroxylation is 1. The first-order valence-electron chi connectivity index (χ1n) is 7.86. The Kier molecular flexibility index (Phi) is 5.21. The van der Waals surface area contributed by atoms with E-state index in [1.165, 1.54) is 12.5 Å². The van der Waals surface area contributed by atoms with Gasteiger partial charge in [0.1, 0.15) is 11.9 Å². The van der Waals surface area contributed by atoms with Gasteiger partial charge in [-0.2, -0.15) is 0 Å². The molecule has 1 N–H and O–H groups in total. The average Bonchev–Trinajstić information content (AvgIpc) is 2.50. The van der Waals surface area contributed by atoms with Gasteiger partial charge in [-0.05, 0) is 57.2 Å². The Labute approximate surface area is 126 Å². The third kappa shape index (κ3) is 3.74. The number of carbonyl (C=O) groups excluding carboxylic acids is 1. The Bertz CT molecular complexity index is 504. The van der Waals surface area contributed by atoms with Crippen LogP contribution in [0, 0.1) is 12.7 Å². The fourth-order valence-corrected chi connectivity index (χ4v) is 2.96. The molecule has 1 aromatic carbocycles. The molecule has 1 saturated heterocycles. The molecule has 1 aliphatic heterocycles. The standard InChI is InChI=1S/C17H25FN2O/c1-4-15-7-5-6-10-20(15)17(21)13(3)19-14-9-8-12(2)16(18)11-14/h8-9,11,13,15,19H,4-7,10H2,1-3H3. The minimum absolute atomic E-state index is 0.113. The molecule has 2 unspecified atom stereocenters. The number of likely N-dealkylation sites (tertiary alicyclic amines) is 1. The van der Waals surface area contributed by atoms with E-state index in [4.69, 9.17) is 0 Å². The van der Waals surface area contributed by atoms with Crippen molar-refractivity contribution in [2.24, 2.45) is 0 Å². The molecule has 0 radical (unpaired) electrons. The topological polar surface area (TPSA) is 32.3 Å². The van der Waals surface area contributed by atoms with Crippen molar-refractivity contribution in [2.75, 3.05) is 11.9 Å². The van der Waals surface area contributed by atoms with Crippen molar-refractivity contribution in [2.45, 2.75) is 58.5 Å². The molecule has 0 saturated carbocycles. The van der Waals surface area contributed by atoms with Gasteiger partial charge in [-0.3, -0.25) is 4.79 Å². The molecular formula is C17H25FN2O. The number of hydrogen-bond donors (Lipinski definition) is 1. The third-order valence-corrected chi connectivity index (χ3v) is 4.31. The van der Waals surface area contributed by atoms with Crippen molar-refractivity contribution < 1.29 is 9.18 Å². The molecule has 3 nitrogen and oxygen atoms in total. The summed E-state index contributed by atoms with van der Waals surface area (Å²) in [7, 11) is 0. The maximum absolute atomic E-state index is 13.6. The zero-order valence-corrected chi connectivity index (χ0v) is 13.2. The monoisotopic (exact) mass is 292 g/mol. The van der Waals surface area contributed by atoms with Crippen molar-refractivity contribution in [1.29, 1.82) is 0 Å². The number of hydrogen-bond acceptors (Lipinski definition) is 2. The van der Waals surface area contributed by atoms with Crippen LogP contribution in [-0.4, -0.2) is 29.4 Å². The van der Waals surface area contributed by atoms with Gasteiger partial charge in [0.25, 0.3) is 0 Å². The predicted molar refractivity (Wildman–Crippen MR) is 83.9 cm³/mol. The first-order chi connectivity index (χ1) is 10.0. The fraction of sp³-hybridized carbons (Fsp3) is 0.588. The first kappa shape index (κ1) is 15.8. The van der Waals surface area contributed by atoms with E-state index >= 15 is 0 Å². The number of nitrogens with zero attached hydrogens (tertiary/aromatic N) is 1. The lowest BCUT2D eigenvalue weighted by atomic mass is 9.99. The quantitative estimate of drug-likeness (QED) is 0.917. The maximum Gasteiger partial charge on any atom is 0.245 e. The van der Waals surface area contributed by atoms with E-state index in [1.54, 1.807) is 13.0 Å². The molecule has 1 aromatic rings. The summed E-state index contributed by atoms with van der Waals surface area (Å²) in [5, 5.41) is 3.12. The summed E-state index contributed by atoms with van der Waals surface area (Å²) in [6, 6.07) is 5.01. The fourth-order valence-electron chi connectivity index (χ4n) is 2.96. The highest BCUT2D eigenvalue weighted by atomic mass is 19.1. The van der Waals surface area contributed by atoms with Crippen molar-refractivity contribution in [1.82, 2.24) is 4.90 Å². The largest absolute Gasteiger partial charge is 0.374 e. The summed E-state index contributed by atoms with van der Waals surface area (Å²) in [4.78, 5) is 14.6. The van der Waals surface area contributed by atoms with Gasteiger partial charge in [0.2, 0.25) is 5.91 Å². The number of rotatable bonds is 4. The summed E-state index contributed by atoms with van der Waals surface area (Å²) in [5.41, 5.74) is 1.27. The summed E-state index contributed by atoms with van der Waals surface area (Å²) < 4.78 is 13.6. The molecule has 4 heteroatoms. The van der Waals surface area contributed by atoms with Gasteiger partial charge in [-0.1, -0.05) is 13.0 Å². The Balaban J connectivity index is 2.02. The molecular weight excluding hydrogens is 267 g/mol. The van der Waals surface area contributed by atoms with Gasteiger partial charge in [-0.25, -0.2) is 4.39 Å². The Morgan fingerprint density at radius 3 is 2.90 bits per heavy atom. The number of carbonyl (C=O) groups is 1. The Morgan fingerprint density at radius 1 is 1.48 bits per heavy atom. The lowest BCUT2D eigenvalue weighted by molar-refractivity contribution is -0.135. The molecule has 0 aliphatic carbocycles. The molecule has 2 rings (SSSR count). The molecule has 1 fully saturated rings. The van der Waals surface area contributed by atoms with E-state index < -0.39 is 0 Å². The number of halogens is 1. The van der Waals surface area contributed by atoms with E-state index in [0.717, 1.165) is 25.8 Å². The van der Waals surface area contributed by atoms with Crippen LogP contribution in [0.15, 0.2) is 18.2 Å². The predicted octanol–water partition coefficient (Wildman–Crippen LogP) is 3.73. The highest BCUT2D eigenvalue weighted by Crippen LogP contribution is 2.21. The molecule has 0 aromatic heterocycles. The molecule has 0 spiro atoms. The lowest BCUT2D eigenvalue weighted by Crippen LogP contribution is -2.49. The summed E-state index contributed by atoms with van der Waals surface area (Å²) in [6.45, 7) is 6.55. The zero-order chi connectivity index (χ0) is 15.4. The van der Waals surface area contributed by atoms with Gasteiger partial charge >= 0.3 is 0 Å². The van der Waals surface area contributed by atoms with Crippen molar-refractivity contribution in [3.05, 3.63) is 29.6 Å². The molecule has 21 heavy (non-hydrogen) atoms. The highest BCUT2D eigenvalue weighted by molar-refractivity contribution is 5.84. The molecule has 2 atom stereocenters. The average molecular weight is 292 g/mol. The van der Waals surface area contributed by atoms with Gasteiger partial charge < -0.3 is 10.2 Å². The van der Waals surface area contributed by atoms with Crippen LogP contribution < -0.4 is 5.32 Å². The first-order valence-corrected chi connectivity index (χ1v) is 7.86. The number of anilines is 1. The minimum Gasteiger partial charge on any atom is -0.374 e. The second-order valence-electron chi connectivity index (χ2n) is 5.92. The Hall–Kier alpha value is -1.58. The van der Waals surface area contributed by atoms with Crippen LogP contribution >= 0.6 is 0 Å². The van der Waals surface area contributed by atoms with Crippen molar-refractivity contribution in [3.63, 3.8) is 0 Å². The number of piperidine rings is 1. The summed E-state index contributed by atoms with van der Waals surface area (Å²) in [5.74, 6) is -0.133. The van der Waals surface area contributed by atoms with Crippen LogP contribution in [0.4, 0.5) is 10.1 Å². The van der Waals surface area contributed by atoms with Crippen LogP contribution in [0.3, 0.4) is 0 Å². The van der Waals surface area contributed by atoms with E-state index in [0.29, 0.717) is 17.3 Å². The number of amides is 1. The third-order valence-electron chi connectivity index (χ3n) is 4.31. The molecule has 1 amide bonds. The van der Waals surface area contributed by atoms with Gasteiger partial charge in [0, 0.05) is 18.3 Å². The summed E-state index contributed by atoms with van der Waals surface area (Å²) >= 11 is 0.